The van der Waals surface area contributed by atoms with Gasteiger partial charge in [-0.05, 0) is 19.1 Å². The summed E-state index contributed by atoms with van der Waals surface area (Å²) in [7, 11) is 1.90. The highest BCUT2D eigenvalue weighted by molar-refractivity contribution is 7.11. The van der Waals surface area contributed by atoms with Gasteiger partial charge < -0.3 is 5.32 Å². The molecule has 15 heavy (non-hydrogen) atoms. The van der Waals surface area contributed by atoms with Crippen LogP contribution in [0.4, 0.5) is 0 Å². The molecule has 0 aromatic carbocycles. The first-order valence-electron chi connectivity index (χ1n) is 4.85. The van der Waals surface area contributed by atoms with Crippen molar-refractivity contribution in [1.82, 2.24) is 20.3 Å². The van der Waals surface area contributed by atoms with Gasteiger partial charge in [-0.25, -0.2) is 0 Å². The summed E-state index contributed by atoms with van der Waals surface area (Å²) in [5.74, 6) is 0. The Hall–Kier alpha value is -1.20. The SMILES string of the molecule is Cc1ccc(CNCc2cnnn2C)s1. The van der Waals surface area contributed by atoms with Crippen LogP contribution in [-0.2, 0) is 20.1 Å². The first-order valence-corrected chi connectivity index (χ1v) is 5.67. The molecule has 0 amide bonds. The average Bonchev–Trinajstić information content (AvgIpc) is 2.77. The molecule has 1 N–H and O–H groups in total. The van der Waals surface area contributed by atoms with Gasteiger partial charge in [0.2, 0.25) is 0 Å². The largest absolute Gasteiger partial charge is 0.306 e. The number of rotatable bonds is 4. The van der Waals surface area contributed by atoms with Crippen LogP contribution in [0.5, 0.6) is 0 Å². The molecule has 0 aliphatic heterocycles. The summed E-state index contributed by atoms with van der Waals surface area (Å²) in [6, 6.07) is 4.31. The maximum Gasteiger partial charge on any atom is 0.0738 e. The molecule has 5 heteroatoms. The third-order valence-corrected chi connectivity index (χ3v) is 3.21. The van der Waals surface area contributed by atoms with Crippen molar-refractivity contribution in [2.75, 3.05) is 0 Å². The predicted octanol–water partition coefficient (Wildman–Crippen LogP) is 1.47. The number of nitrogens with one attached hydrogen (secondary N) is 1. The zero-order valence-corrected chi connectivity index (χ0v) is 9.71. The van der Waals surface area contributed by atoms with Crippen molar-refractivity contribution in [1.29, 1.82) is 0 Å². The normalized spacial score (nSPS) is 10.8. The lowest BCUT2D eigenvalue weighted by atomic mass is 10.4. The van der Waals surface area contributed by atoms with E-state index >= 15 is 0 Å². The minimum Gasteiger partial charge on any atom is -0.306 e. The molecule has 0 radical (unpaired) electrons. The van der Waals surface area contributed by atoms with E-state index in [4.69, 9.17) is 0 Å². The lowest BCUT2D eigenvalue weighted by molar-refractivity contribution is 0.619. The zero-order valence-electron chi connectivity index (χ0n) is 8.90. The fraction of sp³-hybridized carbons (Fsp3) is 0.400. The van der Waals surface area contributed by atoms with Gasteiger partial charge in [0.15, 0.2) is 0 Å². The van der Waals surface area contributed by atoms with Gasteiger partial charge in [0, 0.05) is 29.9 Å². The Morgan fingerprint density at radius 1 is 1.40 bits per heavy atom. The maximum atomic E-state index is 3.88. The van der Waals surface area contributed by atoms with E-state index in [0.29, 0.717) is 0 Å². The third kappa shape index (κ3) is 2.64. The van der Waals surface area contributed by atoms with Gasteiger partial charge in [0.1, 0.15) is 0 Å². The molecular weight excluding hydrogens is 208 g/mol. The van der Waals surface area contributed by atoms with Crippen LogP contribution >= 0.6 is 11.3 Å². The van der Waals surface area contributed by atoms with Gasteiger partial charge in [-0.1, -0.05) is 5.21 Å². The summed E-state index contributed by atoms with van der Waals surface area (Å²) < 4.78 is 1.78. The number of hydrogen-bond acceptors (Lipinski definition) is 4. The summed E-state index contributed by atoms with van der Waals surface area (Å²) in [4.78, 5) is 2.72. The number of aromatic nitrogens is 3. The highest BCUT2D eigenvalue weighted by Gasteiger charge is 2.00. The van der Waals surface area contributed by atoms with Crippen LogP contribution < -0.4 is 5.32 Å². The molecular formula is C10H14N4S. The molecule has 0 saturated heterocycles. The van der Waals surface area contributed by atoms with Gasteiger partial charge >= 0.3 is 0 Å². The fourth-order valence-corrected chi connectivity index (χ4v) is 2.22. The zero-order chi connectivity index (χ0) is 10.7. The molecule has 0 unspecified atom stereocenters. The Labute approximate surface area is 92.9 Å². The summed E-state index contributed by atoms with van der Waals surface area (Å²) in [5.41, 5.74) is 1.10. The summed E-state index contributed by atoms with van der Waals surface area (Å²) in [5, 5.41) is 11.1. The van der Waals surface area contributed by atoms with E-state index in [-0.39, 0.29) is 0 Å². The van der Waals surface area contributed by atoms with Crippen LogP contribution in [0.15, 0.2) is 18.3 Å². The topological polar surface area (TPSA) is 42.7 Å². The molecule has 0 aliphatic carbocycles. The molecule has 2 heterocycles. The highest BCUT2D eigenvalue weighted by Crippen LogP contribution is 2.14. The second-order valence-electron chi connectivity index (χ2n) is 3.46. The Kier molecular flexibility index (Phi) is 3.13. The molecule has 0 fully saturated rings. The second kappa shape index (κ2) is 4.55. The molecule has 0 saturated carbocycles. The quantitative estimate of drug-likeness (QED) is 0.852. The first-order chi connectivity index (χ1) is 7.25. The molecule has 0 spiro atoms. The number of nitrogens with zero attached hydrogens (tertiary/aromatic N) is 3. The van der Waals surface area contributed by atoms with E-state index in [9.17, 15) is 0 Å². The van der Waals surface area contributed by atoms with Gasteiger partial charge in [0.05, 0.1) is 11.9 Å². The van der Waals surface area contributed by atoms with E-state index < -0.39 is 0 Å². The lowest BCUT2D eigenvalue weighted by Gasteiger charge is -2.02. The van der Waals surface area contributed by atoms with E-state index in [2.05, 4.69) is 34.7 Å². The van der Waals surface area contributed by atoms with Crippen LogP contribution in [0, 0.1) is 6.92 Å². The van der Waals surface area contributed by atoms with Crippen molar-refractivity contribution >= 4 is 11.3 Å². The standard InChI is InChI=1S/C10H14N4S/c1-8-3-4-10(15-8)7-11-5-9-6-12-13-14(9)2/h3-4,6,11H,5,7H2,1-2H3. The third-order valence-electron chi connectivity index (χ3n) is 2.21. The van der Waals surface area contributed by atoms with Crippen molar-refractivity contribution in [2.45, 2.75) is 20.0 Å². The van der Waals surface area contributed by atoms with Gasteiger partial charge in [-0.2, -0.15) is 0 Å². The molecule has 2 aromatic rings. The molecule has 0 atom stereocenters. The van der Waals surface area contributed by atoms with Gasteiger partial charge in [0.25, 0.3) is 0 Å². The minimum absolute atomic E-state index is 0.806. The second-order valence-corrected chi connectivity index (χ2v) is 4.84. The minimum atomic E-state index is 0.806. The number of aryl methyl sites for hydroxylation is 2. The molecule has 80 valence electrons. The molecule has 2 rings (SSSR count). The maximum absolute atomic E-state index is 3.88. The molecule has 0 aliphatic rings. The van der Waals surface area contributed by atoms with Crippen molar-refractivity contribution < 1.29 is 0 Å². The average molecular weight is 222 g/mol. The van der Waals surface area contributed by atoms with Crippen molar-refractivity contribution in [3.63, 3.8) is 0 Å². The van der Waals surface area contributed by atoms with Crippen LogP contribution in [-0.4, -0.2) is 15.0 Å². The van der Waals surface area contributed by atoms with E-state index in [1.54, 1.807) is 10.9 Å². The van der Waals surface area contributed by atoms with Crippen LogP contribution in [0.3, 0.4) is 0 Å². The van der Waals surface area contributed by atoms with E-state index in [1.165, 1.54) is 9.75 Å². The Morgan fingerprint density at radius 3 is 2.87 bits per heavy atom. The van der Waals surface area contributed by atoms with E-state index in [0.717, 1.165) is 18.8 Å². The summed E-state index contributed by atoms with van der Waals surface area (Å²) in [6.07, 6.45) is 1.78. The van der Waals surface area contributed by atoms with Crippen molar-refractivity contribution in [3.05, 3.63) is 33.8 Å². The van der Waals surface area contributed by atoms with Crippen molar-refractivity contribution in [2.24, 2.45) is 7.05 Å². The monoisotopic (exact) mass is 222 g/mol. The Morgan fingerprint density at radius 2 is 2.27 bits per heavy atom. The first kappa shape index (κ1) is 10.3. The van der Waals surface area contributed by atoms with Crippen LogP contribution in [0.1, 0.15) is 15.4 Å². The smallest absolute Gasteiger partial charge is 0.0738 e. The summed E-state index contributed by atoms with van der Waals surface area (Å²) >= 11 is 1.83. The lowest BCUT2D eigenvalue weighted by Crippen LogP contribution is -2.14. The molecule has 2 aromatic heterocycles. The highest BCUT2D eigenvalue weighted by atomic mass is 32.1. The number of hydrogen-bond donors (Lipinski definition) is 1. The van der Waals surface area contributed by atoms with Gasteiger partial charge in [-0.15, -0.1) is 16.4 Å². The molecule has 0 bridgehead atoms. The fourth-order valence-electron chi connectivity index (χ4n) is 1.36. The Balaban J connectivity index is 1.83. The van der Waals surface area contributed by atoms with E-state index in [1.807, 2.05) is 18.4 Å². The Bertz CT molecular complexity index is 432. The number of thiophene rings is 1. The predicted molar refractivity (Wildman–Crippen MR) is 60.6 cm³/mol. The molecule has 4 nitrogen and oxygen atoms in total. The van der Waals surface area contributed by atoms with Gasteiger partial charge in [-0.3, -0.25) is 4.68 Å². The van der Waals surface area contributed by atoms with Crippen molar-refractivity contribution in [3.8, 4) is 0 Å². The van der Waals surface area contributed by atoms with Crippen LogP contribution in [0.2, 0.25) is 0 Å². The van der Waals surface area contributed by atoms with Crippen LogP contribution in [0.25, 0.3) is 0 Å². The summed E-state index contributed by atoms with van der Waals surface area (Å²) in [6.45, 7) is 3.84.